The average Bonchev–Trinajstić information content (AvgIpc) is 3.09. The molecular formula is C14H17F3N4S. The number of likely N-dealkylation sites (tertiary alicyclic amines) is 1. The monoisotopic (exact) mass is 330 g/mol. The van der Waals surface area contributed by atoms with Crippen LogP contribution in [-0.4, -0.2) is 33.2 Å². The first kappa shape index (κ1) is 15.5. The number of aromatic amines is 1. The van der Waals surface area contributed by atoms with Crippen molar-refractivity contribution in [1.82, 2.24) is 20.1 Å². The fourth-order valence-corrected chi connectivity index (χ4v) is 3.59. The van der Waals surface area contributed by atoms with Crippen LogP contribution >= 0.6 is 11.3 Å². The lowest BCUT2D eigenvalue weighted by Gasteiger charge is -2.31. The van der Waals surface area contributed by atoms with Gasteiger partial charge in [-0.3, -0.25) is 10.00 Å². The highest BCUT2D eigenvalue weighted by Crippen LogP contribution is 2.33. The number of piperidine rings is 1. The lowest BCUT2D eigenvalue weighted by atomic mass is 9.93. The SMILES string of the molecule is Cc1ncsc1CN1CCC(c2cc(C(F)(F)F)n[nH]2)CC1. The van der Waals surface area contributed by atoms with Crippen molar-refractivity contribution < 1.29 is 13.2 Å². The molecule has 0 aromatic carbocycles. The molecule has 1 aliphatic rings. The Morgan fingerprint density at radius 1 is 1.36 bits per heavy atom. The van der Waals surface area contributed by atoms with Crippen LogP contribution in [-0.2, 0) is 12.7 Å². The van der Waals surface area contributed by atoms with Crippen molar-refractivity contribution in [3.05, 3.63) is 33.5 Å². The van der Waals surface area contributed by atoms with Gasteiger partial charge in [0.05, 0.1) is 11.2 Å². The average molecular weight is 330 g/mol. The van der Waals surface area contributed by atoms with Crippen molar-refractivity contribution in [3.8, 4) is 0 Å². The smallest absolute Gasteiger partial charge is 0.298 e. The van der Waals surface area contributed by atoms with Crippen molar-refractivity contribution in [2.45, 2.75) is 38.4 Å². The molecule has 1 aliphatic heterocycles. The summed E-state index contributed by atoms with van der Waals surface area (Å²) in [4.78, 5) is 7.84. The number of hydrogen-bond donors (Lipinski definition) is 1. The molecule has 1 N–H and O–H groups in total. The van der Waals surface area contributed by atoms with Crippen LogP contribution in [0.3, 0.4) is 0 Å². The number of H-pyrrole nitrogens is 1. The first-order chi connectivity index (χ1) is 10.4. The Balaban J connectivity index is 1.57. The summed E-state index contributed by atoms with van der Waals surface area (Å²) >= 11 is 1.65. The van der Waals surface area contributed by atoms with Gasteiger partial charge in [-0.05, 0) is 38.9 Å². The molecule has 0 atom stereocenters. The van der Waals surface area contributed by atoms with Crippen LogP contribution in [0.5, 0.6) is 0 Å². The van der Waals surface area contributed by atoms with Gasteiger partial charge in [0.15, 0.2) is 5.69 Å². The fourth-order valence-electron chi connectivity index (χ4n) is 2.77. The Morgan fingerprint density at radius 2 is 2.09 bits per heavy atom. The summed E-state index contributed by atoms with van der Waals surface area (Å²) in [6, 6.07) is 1.15. The van der Waals surface area contributed by atoms with E-state index in [0.717, 1.165) is 44.2 Å². The van der Waals surface area contributed by atoms with Gasteiger partial charge < -0.3 is 0 Å². The maximum Gasteiger partial charge on any atom is 0.435 e. The molecular weight excluding hydrogens is 313 g/mol. The number of hydrogen-bond acceptors (Lipinski definition) is 4. The van der Waals surface area contributed by atoms with Crippen LogP contribution in [0.1, 0.15) is 40.7 Å². The zero-order chi connectivity index (χ0) is 15.7. The molecule has 8 heteroatoms. The molecule has 4 nitrogen and oxygen atoms in total. The van der Waals surface area contributed by atoms with Crippen molar-refractivity contribution in [1.29, 1.82) is 0 Å². The Hall–Kier alpha value is -1.41. The van der Waals surface area contributed by atoms with Crippen LogP contribution in [0, 0.1) is 6.92 Å². The van der Waals surface area contributed by atoms with E-state index in [1.54, 1.807) is 11.3 Å². The summed E-state index contributed by atoms with van der Waals surface area (Å²) in [7, 11) is 0. The highest BCUT2D eigenvalue weighted by atomic mass is 32.1. The fraction of sp³-hybridized carbons (Fsp3) is 0.571. The lowest BCUT2D eigenvalue weighted by Crippen LogP contribution is -2.32. The molecule has 3 rings (SSSR count). The van der Waals surface area contributed by atoms with Crippen molar-refractivity contribution in [2.75, 3.05) is 13.1 Å². The Bertz CT molecular complexity index is 626. The number of alkyl halides is 3. The quantitative estimate of drug-likeness (QED) is 0.936. The molecule has 120 valence electrons. The normalized spacial score (nSPS) is 18.0. The van der Waals surface area contributed by atoms with Crippen molar-refractivity contribution >= 4 is 11.3 Å². The third-order valence-corrected chi connectivity index (χ3v) is 5.05. The highest BCUT2D eigenvalue weighted by molar-refractivity contribution is 7.09. The van der Waals surface area contributed by atoms with Crippen LogP contribution in [0.4, 0.5) is 13.2 Å². The van der Waals surface area contributed by atoms with E-state index < -0.39 is 11.9 Å². The van der Waals surface area contributed by atoms with Crippen LogP contribution < -0.4 is 0 Å². The van der Waals surface area contributed by atoms with Gasteiger partial charge in [-0.2, -0.15) is 18.3 Å². The van der Waals surface area contributed by atoms with Crippen LogP contribution in [0.2, 0.25) is 0 Å². The Kier molecular flexibility index (Phi) is 4.22. The van der Waals surface area contributed by atoms with Crippen molar-refractivity contribution in [3.63, 3.8) is 0 Å². The summed E-state index contributed by atoms with van der Waals surface area (Å²) < 4.78 is 37.8. The van der Waals surface area contributed by atoms with E-state index in [1.165, 1.54) is 4.88 Å². The molecule has 22 heavy (non-hydrogen) atoms. The molecule has 0 spiro atoms. The summed E-state index contributed by atoms with van der Waals surface area (Å²) in [5.41, 5.74) is 2.68. The Labute approximate surface area is 130 Å². The number of nitrogens with one attached hydrogen (secondary N) is 1. The number of rotatable bonds is 3. The first-order valence-corrected chi connectivity index (χ1v) is 8.05. The predicted octanol–water partition coefficient (Wildman–Crippen LogP) is 3.57. The maximum atomic E-state index is 12.6. The van der Waals surface area contributed by atoms with E-state index in [-0.39, 0.29) is 5.92 Å². The molecule has 0 radical (unpaired) electrons. The third-order valence-electron chi connectivity index (χ3n) is 4.13. The second-order valence-corrected chi connectivity index (χ2v) is 6.56. The Morgan fingerprint density at radius 3 is 2.64 bits per heavy atom. The topological polar surface area (TPSA) is 44.8 Å². The standard InChI is InChI=1S/C14H17F3N4S/c1-9-12(22-8-18-9)7-21-4-2-10(3-5-21)11-6-13(20-19-11)14(15,16)17/h6,8,10H,2-5,7H2,1H3,(H,19,20). The molecule has 1 saturated heterocycles. The van der Waals surface area contributed by atoms with Gasteiger partial charge in [-0.25, -0.2) is 4.98 Å². The minimum Gasteiger partial charge on any atom is -0.298 e. The number of halogens is 3. The van der Waals surface area contributed by atoms with Gasteiger partial charge in [-0.15, -0.1) is 11.3 Å². The summed E-state index contributed by atoms with van der Waals surface area (Å²) in [5, 5.41) is 5.94. The molecule has 1 fully saturated rings. The van der Waals surface area contributed by atoms with Gasteiger partial charge in [0.25, 0.3) is 0 Å². The van der Waals surface area contributed by atoms with Gasteiger partial charge in [0.2, 0.25) is 0 Å². The molecule has 0 amide bonds. The van der Waals surface area contributed by atoms with E-state index in [0.29, 0.717) is 5.69 Å². The van der Waals surface area contributed by atoms with Crippen LogP contribution in [0.25, 0.3) is 0 Å². The second-order valence-electron chi connectivity index (χ2n) is 5.62. The number of aryl methyl sites for hydroxylation is 1. The van der Waals surface area contributed by atoms with E-state index in [4.69, 9.17) is 0 Å². The molecule has 2 aromatic heterocycles. The second kappa shape index (κ2) is 6.00. The third kappa shape index (κ3) is 3.33. The van der Waals surface area contributed by atoms with E-state index >= 15 is 0 Å². The first-order valence-electron chi connectivity index (χ1n) is 7.17. The van der Waals surface area contributed by atoms with Crippen LogP contribution in [0.15, 0.2) is 11.6 Å². The number of thiazole rings is 1. The predicted molar refractivity (Wildman–Crippen MR) is 77.7 cm³/mol. The molecule has 3 heterocycles. The molecule has 2 aromatic rings. The van der Waals surface area contributed by atoms with Gasteiger partial charge in [0, 0.05) is 23.0 Å². The number of nitrogens with zero attached hydrogens (tertiary/aromatic N) is 3. The molecule has 0 aliphatic carbocycles. The summed E-state index contributed by atoms with van der Waals surface area (Å²) in [5.74, 6) is 0.127. The molecule has 0 bridgehead atoms. The van der Waals surface area contributed by atoms with Gasteiger partial charge in [0.1, 0.15) is 0 Å². The molecule has 0 saturated carbocycles. The largest absolute Gasteiger partial charge is 0.435 e. The minimum absolute atomic E-state index is 0.127. The van der Waals surface area contributed by atoms with E-state index in [2.05, 4.69) is 20.1 Å². The lowest BCUT2D eigenvalue weighted by molar-refractivity contribution is -0.141. The minimum atomic E-state index is -4.38. The zero-order valence-electron chi connectivity index (χ0n) is 12.2. The summed E-state index contributed by atoms with van der Waals surface area (Å²) in [6.45, 7) is 4.63. The maximum absolute atomic E-state index is 12.6. The summed E-state index contributed by atoms with van der Waals surface area (Å²) in [6.07, 6.45) is -2.69. The highest BCUT2D eigenvalue weighted by Gasteiger charge is 2.35. The van der Waals surface area contributed by atoms with Gasteiger partial charge in [-0.1, -0.05) is 0 Å². The van der Waals surface area contributed by atoms with E-state index in [9.17, 15) is 13.2 Å². The molecule has 0 unspecified atom stereocenters. The van der Waals surface area contributed by atoms with Gasteiger partial charge >= 0.3 is 6.18 Å². The van der Waals surface area contributed by atoms with E-state index in [1.807, 2.05) is 12.4 Å². The van der Waals surface area contributed by atoms with Crippen molar-refractivity contribution in [2.24, 2.45) is 0 Å². The zero-order valence-corrected chi connectivity index (χ0v) is 13.0. The number of aromatic nitrogens is 3.